The number of nitrogens with one attached hydrogen (secondary N) is 1. The zero-order valence-electron chi connectivity index (χ0n) is 11.7. The van der Waals surface area contributed by atoms with E-state index in [9.17, 15) is 14.7 Å². The maximum absolute atomic E-state index is 12.3. The van der Waals surface area contributed by atoms with Crippen LogP contribution >= 0.6 is 0 Å². The second-order valence-electron chi connectivity index (χ2n) is 4.46. The second kappa shape index (κ2) is 6.09. The first-order valence-corrected chi connectivity index (χ1v) is 6.32. The third kappa shape index (κ3) is 3.02. The van der Waals surface area contributed by atoms with E-state index in [2.05, 4.69) is 5.32 Å². The third-order valence-corrected chi connectivity index (χ3v) is 3.09. The van der Waals surface area contributed by atoms with Gasteiger partial charge in [-0.05, 0) is 30.7 Å². The Morgan fingerprint density at radius 1 is 1.05 bits per heavy atom. The molecule has 2 rings (SSSR count). The van der Waals surface area contributed by atoms with Crippen LogP contribution in [-0.2, 0) is 0 Å². The van der Waals surface area contributed by atoms with Crippen molar-refractivity contribution in [2.45, 2.75) is 6.92 Å². The van der Waals surface area contributed by atoms with Crippen molar-refractivity contribution in [2.75, 3.05) is 12.4 Å². The van der Waals surface area contributed by atoms with Gasteiger partial charge in [0, 0.05) is 0 Å². The number of amides is 1. The van der Waals surface area contributed by atoms with E-state index in [4.69, 9.17) is 4.74 Å². The summed E-state index contributed by atoms with van der Waals surface area (Å²) in [5.41, 5.74) is 1.37. The Balaban J connectivity index is 2.38. The Morgan fingerprint density at radius 3 is 2.38 bits per heavy atom. The van der Waals surface area contributed by atoms with Crippen molar-refractivity contribution in [1.82, 2.24) is 0 Å². The van der Waals surface area contributed by atoms with Crippen LogP contribution in [0.3, 0.4) is 0 Å². The molecular formula is C16H15NO4. The minimum Gasteiger partial charge on any atom is -0.496 e. The number of ether oxygens (including phenoxy) is 1. The average molecular weight is 285 g/mol. The monoisotopic (exact) mass is 285 g/mol. The minimum absolute atomic E-state index is 0.0539. The van der Waals surface area contributed by atoms with Crippen LogP contribution in [0.15, 0.2) is 42.5 Å². The average Bonchev–Trinajstić information content (AvgIpc) is 2.48. The molecule has 5 nitrogen and oxygen atoms in total. The maximum Gasteiger partial charge on any atom is 0.337 e. The molecule has 0 spiro atoms. The number of rotatable bonds is 4. The Labute approximate surface area is 122 Å². The van der Waals surface area contributed by atoms with Crippen molar-refractivity contribution in [3.05, 3.63) is 59.2 Å². The summed E-state index contributed by atoms with van der Waals surface area (Å²) < 4.78 is 5.13. The van der Waals surface area contributed by atoms with E-state index in [0.29, 0.717) is 22.6 Å². The summed E-state index contributed by atoms with van der Waals surface area (Å²) in [6.07, 6.45) is 0. The van der Waals surface area contributed by atoms with Crippen molar-refractivity contribution in [3.8, 4) is 5.75 Å². The van der Waals surface area contributed by atoms with E-state index in [-0.39, 0.29) is 5.56 Å². The number of hydrogen-bond donors (Lipinski definition) is 2. The number of para-hydroxylation sites is 2. The molecule has 0 fully saturated rings. The van der Waals surface area contributed by atoms with E-state index in [1.165, 1.54) is 13.2 Å². The van der Waals surface area contributed by atoms with E-state index < -0.39 is 11.9 Å². The zero-order valence-corrected chi connectivity index (χ0v) is 11.7. The van der Waals surface area contributed by atoms with E-state index >= 15 is 0 Å². The minimum atomic E-state index is -1.09. The van der Waals surface area contributed by atoms with Gasteiger partial charge in [0.2, 0.25) is 0 Å². The first-order valence-electron chi connectivity index (χ1n) is 6.32. The molecule has 1 amide bonds. The normalized spacial score (nSPS) is 10.0. The summed E-state index contributed by atoms with van der Waals surface area (Å²) in [6, 6.07) is 11.6. The van der Waals surface area contributed by atoms with Crippen LogP contribution in [0, 0.1) is 6.92 Å². The van der Waals surface area contributed by atoms with Gasteiger partial charge in [-0.15, -0.1) is 0 Å². The van der Waals surface area contributed by atoms with Crippen molar-refractivity contribution in [3.63, 3.8) is 0 Å². The molecule has 0 heterocycles. The number of methoxy groups -OCH3 is 1. The van der Waals surface area contributed by atoms with Gasteiger partial charge in [0.15, 0.2) is 0 Å². The van der Waals surface area contributed by atoms with Crippen LogP contribution in [-0.4, -0.2) is 24.1 Å². The fraction of sp³-hybridized carbons (Fsp3) is 0.125. The molecule has 0 unspecified atom stereocenters. The highest BCUT2D eigenvalue weighted by Crippen LogP contribution is 2.24. The van der Waals surface area contributed by atoms with Gasteiger partial charge < -0.3 is 15.2 Å². The summed E-state index contributed by atoms with van der Waals surface area (Å²) in [6.45, 7) is 1.74. The van der Waals surface area contributed by atoms with Crippen LogP contribution in [0.1, 0.15) is 26.3 Å². The molecule has 108 valence electrons. The summed E-state index contributed by atoms with van der Waals surface area (Å²) in [4.78, 5) is 23.6. The molecule has 2 aromatic carbocycles. The fourth-order valence-electron chi connectivity index (χ4n) is 2.02. The number of anilines is 1. The molecule has 0 aromatic heterocycles. The zero-order chi connectivity index (χ0) is 15.4. The molecule has 2 aromatic rings. The van der Waals surface area contributed by atoms with Crippen LogP contribution in [0.25, 0.3) is 0 Å². The molecule has 0 aliphatic carbocycles. The molecular weight excluding hydrogens is 270 g/mol. The van der Waals surface area contributed by atoms with Crippen molar-refractivity contribution >= 4 is 17.6 Å². The Morgan fingerprint density at radius 2 is 1.71 bits per heavy atom. The van der Waals surface area contributed by atoms with Gasteiger partial charge in [-0.25, -0.2) is 4.79 Å². The van der Waals surface area contributed by atoms with Crippen LogP contribution < -0.4 is 10.1 Å². The highest BCUT2D eigenvalue weighted by atomic mass is 16.5. The molecule has 5 heteroatoms. The topological polar surface area (TPSA) is 75.6 Å². The van der Waals surface area contributed by atoms with E-state index in [1.807, 2.05) is 0 Å². The lowest BCUT2D eigenvalue weighted by Gasteiger charge is -2.13. The first-order chi connectivity index (χ1) is 10.0. The smallest absolute Gasteiger partial charge is 0.337 e. The molecule has 0 aliphatic rings. The number of carboxylic acid groups (broad SMARTS) is 1. The lowest BCUT2D eigenvalue weighted by molar-refractivity contribution is 0.0698. The molecule has 0 atom stereocenters. The Bertz CT molecular complexity index is 694. The summed E-state index contributed by atoms with van der Waals surface area (Å²) in [7, 11) is 1.47. The van der Waals surface area contributed by atoms with Crippen LogP contribution in [0.2, 0.25) is 0 Å². The molecule has 0 bridgehead atoms. The number of aryl methyl sites for hydroxylation is 1. The Hall–Kier alpha value is -2.82. The van der Waals surface area contributed by atoms with Gasteiger partial charge in [0.1, 0.15) is 5.75 Å². The largest absolute Gasteiger partial charge is 0.496 e. The van der Waals surface area contributed by atoms with Crippen molar-refractivity contribution in [1.29, 1.82) is 0 Å². The molecule has 0 saturated heterocycles. The van der Waals surface area contributed by atoms with Crippen LogP contribution in [0.5, 0.6) is 5.75 Å². The number of carbonyl (C=O) groups is 2. The fourth-order valence-corrected chi connectivity index (χ4v) is 2.02. The van der Waals surface area contributed by atoms with Gasteiger partial charge in [0.05, 0.1) is 23.9 Å². The molecule has 0 saturated carbocycles. The molecule has 2 N–H and O–H groups in total. The number of carbonyl (C=O) groups excluding carboxylic acids is 1. The third-order valence-electron chi connectivity index (χ3n) is 3.09. The lowest BCUT2D eigenvalue weighted by atomic mass is 10.1. The van der Waals surface area contributed by atoms with Gasteiger partial charge in [-0.2, -0.15) is 0 Å². The molecule has 0 aliphatic heterocycles. The van der Waals surface area contributed by atoms with Gasteiger partial charge in [-0.1, -0.05) is 24.3 Å². The Kier molecular flexibility index (Phi) is 4.23. The van der Waals surface area contributed by atoms with Gasteiger partial charge in [-0.3, -0.25) is 4.79 Å². The number of benzene rings is 2. The molecule has 21 heavy (non-hydrogen) atoms. The van der Waals surface area contributed by atoms with E-state index in [1.54, 1.807) is 43.3 Å². The number of aromatic carboxylic acids is 1. The second-order valence-corrected chi connectivity index (χ2v) is 4.46. The number of hydrogen-bond acceptors (Lipinski definition) is 3. The van der Waals surface area contributed by atoms with Gasteiger partial charge in [0.25, 0.3) is 5.91 Å². The predicted octanol–water partition coefficient (Wildman–Crippen LogP) is 2.95. The van der Waals surface area contributed by atoms with Crippen molar-refractivity contribution in [2.24, 2.45) is 0 Å². The highest BCUT2D eigenvalue weighted by molar-refractivity contribution is 6.09. The standard InChI is InChI=1S/C16H15NO4/c1-10-6-5-8-12(16(19)20)14(10)17-15(18)11-7-3-4-9-13(11)21-2/h3-9H,1-2H3,(H,17,18)(H,19,20). The summed E-state index contributed by atoms with van der Waals surface area (Å²) >= 11 is 0. The molecule has 0 radical (unpaired) electrons. The summed E-state index contributed by atoms with van der Waals surface area (Å²) in [5.74, 6) is -1.07. The van der Waals surface area contributed by atoms with Crippen LogP contribution in [0.4, 0.5) is 5.69 Å². The van der Waals surface area contributed by atoms with Gasteiger partial charge >= 0.3 is 5.97 Å². The maximum atomic E-state index is 12.3. The quantitative estimate of drug-likeness (QED) is 0.905. The van der Waals surface area contributed by atoms with E-state index in [0.717, 1.165) is 0 Å². The first kappa shape index (κ1) is 14.6. The summed E-state index contributed by atoms with van der Waals surface area (Å²) in [5, 5.41) is 11.8. The SMILES string of the molecule is COc1ccccc1C(=O)Nc1c(C)cccc1C(=O)O. The highest BCUT2D eigenvalue weighted by Gasteiger charge is 2.17. The lowest BCUT2D eigenvalue weighted by Crippen LogP contribution is -2.16. The number of carboxylic acids is 1. The predicted molar refractivity (Wildman–Crippen MR) is 79.1 cm³/mol. The van der Waals surface area contributed by atoms with Crippen molar-refractivity contribution < 1.29 is 19.4 Å².